The maximum Gasteiger partial charge on any atom is 0.354 e. The molecule has 0 amide bonds. The minimum absolute atomic E-state index is 0.129. The van der Waals surface area contributed by atoms with Crippen molar-refractivity contribution in [1.29, 1.82) is 0 Å². The first kappa shape index (κ1) is 20.9. The number of nitrogens with one attached hydrogen (secondary N) is 2. The molecule has 0 aliphatic carbocycles. The first-order chi connectivity index (χ1) is 14.5. The molecule has 10 heteroatoms. The Kier molecular flexibility index (Phi) is 6.38. The highest BCUT2D eigenvalue weighted by atomic mass is 16.5. The van der Waals surface area contributed by atoms with Gasteiger partial charge in [-0.1, -0.05) is 0 Å². The van der Waals surface area contributed by atoms with E-state index in [2.05, 4.69) is 9.97 Å². The van der Waals surface area contributed by atoms with Gasteiger partial charge in [0.05, 0.1) is 42.7 Å². The molecule has 0 radical (unpaired) electrons. The van der Waals surface area contributed by atoms with Gasteiger partial charge in [-0.25, -0.2) is 9.59 Å². The van der Waals surface area contributed by atoms with Gasteiger partial charge in [0.15, 0.2) is 17.5 Å². The molecule has 0 spiro atoms. The molecule has 158 valence electrons. The van der Waals surface area contributed by atoms with E-state index in [1.54, 1.807) is 19.9 Å². The normalized spacial score (nSPS) is 10.6. The van der Waals surface area contributed by atoms with Crippen molar-refractivity contribution in [1.82, 2.24) is 9.97 Å². The first-order valence-corrected chi connectivity index (χ1v) is 9.11. The van der Waals surface area contributed by atoms with E-state index in [0.29, 0.717) is 58.5 Å². The van der Waals surface area contributed by atoms with Gasteiger partial charge in [-0.2, -0.15) is 0 Å². The molecule has 4 rings (SSSR count). The summed E-state index contributed by atoms with van der Waals surface area (Å²) in [4.78, 5) is 38.9. The molecule has 4 heterocycles. The van der Waals surface area contributed by atoms with Crippen LogP contribution in [0.25, 0.3) is 22.2 Å². The third-order valence-electron chi connectivity index (χ3n) is 4.10. The number of fused-ring (bicyclic) bond motifs is 2. The number of aromatic nitrogens is 2. The van der Waals surface area contributed by atoms with Gasteiger partial charge in [-0.15, -0.1) is 0 Å². The van der Waals surface area contributed by atoms with E-state index in [0.717, 1.165) is 0 Å². The summed E-state index contributed by atoms with van der Waals surface area (Å²) in [6, 6.07) is 3.08. The van der Waals surface area contributed by atoms with Crippen molar-refractivity contribution in [2.75, 3.05) is 13.2 Å². The lowest BCUT2D eigenvalue weighted by atomic mass is 10.3. The highest BCUT2D eigenvalue weighted by molar-refractivity contribution is 5.99. The van der Waals surface area contributed by atoms with Crippen LogP contribution in [0.15, 0.2) is 33.5 Å². The molecule has 0 unspecified atom stereocenters. The zero-order valence-corrected chi connectivity index (χ0v) is 16.3. The lowest BCUT2D eigenvalue weighted by Crippen LogP contribution is -2.04. The number of furan rings is 2. The zero-order chi connectivity index (χ0) is 21.7. The van der Waals surface area contributed by atoms with E-state index in [-0.39, 0.29) is 12.3 Å². The molecule has 0 aliphatic heterocycles. The number of hydrogen-bond donors (Lipinski definition) is 3. The van der Waals surface area contributed by atoms with Crippen molar-refractivity contribution < 1.29 is 37.8 Å². The number of esters is 2. The number of rotatable bonds is 6. The van der Waals surface area contributed by atoms with Crippen molar-refractivity contribution in [3.63, 3.8) is 0 Å². The number of carbonyl (C=O) groups excluding carboxylic acids is 3. The summed E-state index contributed by atoms with van der Waals surface area (Å²) in [7, 11) is 0. The van der Waals surface area contributed by atoms with Gasteiger partial charge in [0, 0.05) is 17.7 Å². The molecule has 0 aromatic carbocycles. The maximum absolute atomic E-state index is 11.4. The van der Waals surface area contributed by atoms with Gasteiger partial charge < -0.3 is 33.4 Å². The van der Waals surface area contributed by atoms with Crippen LogP contribution in [0, 0.1) is 0 Å². The number of aldehydes is 1. The van der Waals surface area contributed by atoms with Crippen LogP contribution in [0.2, 0.25) is 0 Å². The van der Waals surface area contributed by atoms with Gasteiger partial charge in [0.2, 0.25) is 0 Å². The highest BCUT2D eigenvalue weighted by Gasteiger charge is 2.15. The van der Waals surface area contributed by atoms with Crippen LogP contribution < -0.4 is 0 Å². The number of aliphatic hydroxyl groups excluding tert-OH is 1. The Labute approximate surface area is 169 Å². The average Bonchev–Trinajstić information content (AvgIpc) is 3.48. The molecule has 4 aromatic heterocycles. The topological polar surface area (TPSA) is 148 Å². The van der Waals surface area contributed by atoms with Crippen molar-refractivity contribution in [3.05, 3.63) is 47.2 Å². The van der Waals surface area contributed by atoms with Crippen LogP contribution in [-0.2, 0) is 16.1 Å². The number of carbonyl (C=O) groups is 3. The number of aliphatic hydroxyl groups is 1. The minimum Gasteiger partial charge on any atom is -0.462 e. The largest absolute Gasteiger partial charge is 0.462 e. The molecule has 0 bridgehead atoms. The van der Waals surface area contributed by atoms with Crippen molar-refractivity contribution in [3.8, 4) is 0 Å². The zero-order valence-electron chi connectivity index (χ0n) is 16.3. The molecule has 0 saturated carbocycles. The fourth-order valence-electron chi connectivity index (χ4n) is 2.73. The summed E-state index contributed by atoms with van der Waals surface area (Å²) in [6.07, 6.45) is 3.45. The Morgan fingerprint density at radius 2 is 1.50 bits per heavy atom. The molecule has 0 aliphatic rings. The van der Waals surface area contributed by atoms with E-state index in [4.69, 9.17) is 23.4 Å². The highest BCUT2D eigenvalue weighted by Crippen LogP contribution is 2.22. The van der Waals surface area contributed by atoms with Crippen LogP contribution in [0.3, 0.4) is 0 Å². The summed E-state index contributed by atoms with van der Waals surface area (Å²) in [5.41, 5.74) is 3.81. The molecular formula is C20H20N2O8. The first-order valence-electron chi connectivity index (χ1n) is 9.11. The van der Waals surface area contributed by atoms with E-state index in [1.807, 2.05) is 0 Å². The Balaban J connectivity index is 0.000000171. The van der Waals surface area contributed by atoms with Crippen LogP contribution in [0.1, 0.15) is 50.7 Å². The molecule has 4 aromatic rings. The summed E-state index contributed by atoms with van der Waals surface area (Å²) in [5, 5.41) is 8.98. The molecule has 3 N–H and O–H groups in total. The predicted octanol–water partition coefficient (Wildman–Crippen LogP) is 3.18. The summed E-state index contributed by atoms with van der Waals surface area (Å²) >= 11 is 0. The van der Waals surface area contributed by atoms with Crippen molar-refractivity contribution in [2.24, 2.45) is 0 Å². The molecule has 0 saturated heterocycles. The smallest absolute Gasteiger partial charge is 0.354 e. The summed E-state index contributed by atoms with van der Waals surface area (Å²) in [5.74, 6) is -0.881. The SMILES string of the molecule is CCOC(=O)c1cc2occ(C=O)c2[nH]1.CCOC(=O)c1cc2occ(CO)c2[nH]1. The van der Waals surface area contributed by atoms with E-state index < -0.39 is 11.9 Å². The monoisotopic (exact) mass is 416 g/mol. The second-order valence-electron chi connectivity index (χ2n) is 6.01. The fourth-order valence-corrected chi connectivity index (χ4v) is 2.73. The minimum atomic E-state index is -0.458. The van der Waals surface area contributed by atoms with Gasteiger partial charge in [-0.05, 0) is 13.8 Å². The van der Waals surface area contributed by atoms with Crippen LogP contribution in [-0.4, -0.2) is 46.5 Å². The summed E-state index contributed by atoms with van der Waals surface area (Å²) in [6.45, 7) is 3.97. The number of aromatic amines is 2. The number of H-pyrrole nitrogens is 2. The quantitative estimate of drug-likeness (QED) is 0.321. The molecule has 0 atom stereocenters. The second-order valence-corrected chi connectivity index (χ2v) is 6.01. The Hall–Kier alpha value is -3.79. The molecule has 30 heavy (non-hydrogen) atoms. The van der Waals surface area contributed by atoms with Gasteiger partial charge in [-0.3, -0.25) is 4.79 Å². The van der Waals surface area contributed by atoms with Crippen LogP contribution >= 0.6 is 0 Å². The Morgan fingerprint density at radius 3 is 2.03 bits per heavy atom. The lowest BCUT2D eigenvalue weighted by Gasteiger charge is -1.97. The van der Waals surface area contributed by atoms with Crippen LogP contribution in [0.4, 0.5) is 0 Å². The fraction of sp³-hybridized carbons (Fsp3) is 0.250. The average molecular weight is 416 g/mol. The van der Waals surface area contributed by atoms with Gasteiger partial charge in [0.1, 0.15) is 17.7 Å². The standard InChI is InChI=1S/C10H11NO4.C10H9NO4/c2*1-2-14-10(13)7-3-8-9(11-7)6(4-12)5-15-8/h3,5,11-12H,2,4H2,1H3;3-5,11H,2H2,1H3. The second kappa shape index (κ2) is 9.14. The number of hydrogen-bond acceptors (Lipinski definition) is 8. The number of ether oxygens (including phenoxy) is 2. The maximum atomic E-state index is 11.4. The van der Waals surface area contributed by atoms with Crippen LogP contribution in [0.5, 0.6) is 0 Å². The van der Waals surface area contributed by atoms with Gasteiger partial charge >= 0.3 is 11.9 Å². The van der Waals surface area contributed by atoms with Crippen molar-refractivity contribution >= 4 is 40.4 Å². The van der Waals surface area contributed by atoms with E-state index in [1.165, 1.54) is 18.6 Å². The third kappa shape index (κ3) is 4.13. The molecular weight excluding hydrogens is 396 g/mol. The van der Waals surface area contributed by atoms with E-state index >= 15 is 0 Å². The molecule has 0 fully saturated rings. The molecule has 10 nitrogen and oxygen atoms in total. The lowest BCUT2D eigenvalue weighted by molar-refractivity contribution is 0.0511. The predicted molar refractivity (Wildman–Crippen MR) is 104 cm³/mol. The summed E-state index contributed by atoms with van der Waals surface area (Å²) < 4.78 is 19.9. The third-order valence-corrected chi connectivity index (χ3v) is 4.10. The van der Waals surface area contributed by atoms with Gasteiger partial charge in [0.25, 0.3) is 0 Å². The Morgan fingerprint density at radius 1 is 0.967 bits per heavy atom. The Bertz CT molecular complexity index is 1180. The van der Waals surface area contributed by atoms with E-state index in [9.17, 15) is 14.4 Å². The van der Waals surface area contributed by atoms with Crippen molar-refractivity contribution in [2.45, 2.75) is 20.5 Å².